The van der Waals surface area contributed by atoms with Crippen LogP contribution in [-0.4, -0.2) is 25.0 Å². The van der Waals surface area contributed by atoms with E-state index in [1.807, 2.05) is 32.0 Å². The molecule has 0 fully saturated rings. The number of ether oxygens (including phenoxy) is 1. The second-order valence-corrected chi connectivity index (χ2v) is 6.11. The fraction of sp³-hybridized carbons (Fsp3) is 0.222. The van der Waals surface area contributed by atoms with Crippen LogP contribution in [-0.2, 0) is 9.59 Å². The Morgan fingerprint density at radius 3 is 2.88 bits per heavy atom. The highest BCUT2D eigenvalue weighted by atomic mass is 35.5. The summed E-state index contributed by atoms with van der Waals surface area (Å²) in [5.41, 5.74) is 3.03. The van der Waals surface area contributed by atoms with Crippen LogP contribution in [0.3, 0.4) is 0 Å². The number of hydrogen-bond donors (Lipinski definition) is 1. The predicted octanol–water partition coefficient (Wildman–Crippen LogP) is 3.32. The maximum Gasteiger partial charge on any atom is 0.265 e. The van der Waals surface area contributed by atoms with Crippen molar-refractivity contribution >= 4 is 34.8 Å². The molecule has 0 unspecified atom stereocenters. The summed E-state index contributed by atoms with van der Waals surface area (Å²) >= 11 is 6.06. The number of aryl methyl sites for hydroxylation is 1. The number of hydrogen-bond acceptors (Lipinski definition) is 3. The number of benzene rings is 2. The van der Waals surface area contributed by atoms with Crippen molar-refractivity contribution in [1.29, 1.82) is 0 Å². The summed E-state index contributed by atoms with van der Waals surface area (Å²) in [5, 5.41) is 3.39. The van der Waals surface area contributed by atoms with Crippen LogP contribution in [0.15, 0.2) is 36.4 Å². The fourth-order valence-electron chi connectivity index (χ4n) is 2.56. The standard InChI is InChI=1S/C18H17ClN2O3/c1-11-6-7-16-15(8-11)21(18(23)10-24-16)9-17(22)20-14-5-3-4-13(19)12(14)2/h3-8H,9-10H2,1-2H3,(H,20,22). The second-order valence-electron chi connectivity index (χ2n) is 5.70. The van der Waals surface area contributed by atoms with E-state index in [0.717, 1.165) is 11.1 Å². The van der Waals surface area contributed by atoms with Crippen molar-refractivity contribution in [2.24, 2.45) is 0 Å². The smallest absolute Gasteiger partial charge is 0.265 e. The van der Waals surface area contributed by atoms with Crippen molar-refractivity contribution in [3.8, 4) is 5.75 Å². The molecule has 124 valence electrons. The molecule has 0 saturated heterocycles. The molecule has 2 aromatic rings. The summed E-state index contributed by atoms with van der Waals surface area (Å²) in [5.74, 6) is 0.0704. The van der Waals surface area contributed by atoms with E-state index in [2.05, 4.69) is 5.32 Å². The van der Waals surface area contributed by atoms with Crippen molar-refractivity contribution in [1.82, 2.24) is 0 Å². The van der Waals surface area contributed by atoms with Gasteiger partial charge in [0.15, 0.2) is 6.61 Å². The lowest BCUT2D eigenvalue weighted by Gasteiger charge is -2.29. The predicted molar refractivity (Wildman–Crippen MR) is 93.8 cm³/mol. The number of carbonyl (C=O) groups excluding carboxylic acids is 2. The molecule has 0 aliphatic carbocycles. The van der Waals surface area contributed by atoms with Gasteiger partial charge in [0.25, 0.3) is 5.91 Å². The van der Waals surface area contributed by atoms with Crippen LogP contribution in [0.5, 0.6) is 5.75 Å². The Morgan fingerprint density at radius 1 is 1.29 bits per heavy atom. The van der Waals surface area contributed by atoms with Gasteiger partial charge in [-0.3, -0.25) is 14.5 Å². The molecule has 5 nitrogen and oxygen atoms in total. The number of fused-ring (bicyclic) bond motifs is 1. The monoisotopic (exact) mass is 344 g/mol. The van der Waals surface area contributed by atoms with Crippen molar-refractivity contribution in [3.63, 3.8) is 0 Å². The number of nitrogens with zero attached hydrogens (tertiary/aromatic N) is 1. The van der Waals surface area contributed by atoms with E-state index in [4.69, 9.17) is 16.3 Å². The zero-order valence-electron chi connectivity index (χ0n) is 13.4. The van der Waals surface area contributed by atoms with Gasteiger partial charge >= 0.3 is 0 Å². The van der Waals surface area contributed by atoms with Gasteiger partial charge in [0.1, 0.15) is 12.3 Å². The molecule has 1 N–H and O–H groups in total. The Labute approximate surface area is 145 Å². The molecular formula is C18H17ClN2O3. The third kappa shape index (κ3) is 3.21. The number of rotatable bonds is 3. The first-order valence-corrected chi connectivity index (χ1v) is 7.92. The average Bonchev–Trinajstić information content (AvgIpc) is 2.55. The SMILES string of the molecule is Cc1ccc2c(c1)N(CC(=O)Nc1cccc(Cl)c1C)C(=O)CO2. The number of amides is 2. The molecule has 0 radical (unpaired) electrons. The lowest BCUT2D eigenvalue weighted by Crippen LogP contribution is -2.43. The molecule has 24 heavy (non-hydrogen) atoms. The second kappa shape index (κ2) is 6.53. The van der Waals surface area contributed by atoms with Gasteiger partial charge in [-0.25, -0.2) is 0 Å². The molecule has 2 aromatic carbocycles. The molecule has 0 saturated carbocycles. The van der Waals surface area contributed by atoms with Gasteiger partial charge in [0, 0.05) is 10.7 Å². The number of nitrogens with one attached hydrogen (secondary N) is 1. The topological polar surface area (TPSA) is 58.6 Å². The summed E-state index contributed by atoms with van der Waals surface area (Å²) in [4.78, 5) is 26.0. The lowest BCUT2D eigenvalue weighted by molar-refractivity contribution is -0.123. The molecule has 0 bridgehead atoms. The summed E-state index contributed by atoms with van der Waals surface area (Å²) in [6, 6.07) is 10.9. The minimum atomic E-state index is -0.289. The van der Waals surface area contributed by atoms with Crippen molar-refractivity contribution in [2.75, 3.05) is 23.4 Å². The van der Waals surface area contributed by atoms with Crippen LogP contribution in [0.2, 0.25) is 5.02 Å². The Hall–Kier alpha value is -2.53. The third-order valence-corrected chi connectivity index (χ3v) is 4.31. The highest BCUT2D eigenvalue weighted by Crippen LogP contribution is 2.32. The molecular weight excluding hydrogens is 328 g/mol. The van der Waals surface area contributed by atoms with Crippen molar-refractivity contribution < 1.29 is 14.3 Å². The molecule has 0 atom stereocenters. The van der Waals surface area contributed by atoms with Crippen LogP contribution in [0, 0.1) is 13.8 Å². The first kappa shape index (κ1) is 16.3. The maximum absolute atomic E-state index is 12.4. The zero-order chi connectivity index (χ0) is 17.3. The molecule has 2 amide bonds. The van der Waals surface area contributed by atoms with E-state index in [0.29, 0.717) is 22.1 Å². The normalized spacial score (nSPS) is 13.3. The Morgan fingerprint density at radius 2 is 2.08 bits per heavy atom. The molecule has 3 rings (SSSR count). The van der Waals surface area contributed by atoms with Crippen LogP contribution < -0.4 is 15.0 Å². The molecule has 0 aromatic heterocycles. The highest BCUT2D eigenvalue weighted by molar-refractivity contribution is 6.31. The summed E-state index contributed by atoms with van der Waals surface area (Å²) < 4.78 is 5.42. The maximum atomic E-state index is 12.4. The summed E-state index contributed by atoms with van der Waals surface area (Å²) in [7, 11) is 0. The van der Waals surface area contributed by atoms with E-state index in [1.54, 1.807) is 18.2 Å². The van der Waals surface area contributed by atoms with Gasteiger partial charge in [0.05, 0.1) is 5.69 Å². The minimum absolute atomic E-state index is 0.0699. The van der Waals surface area contributed by atoms with Crippen LogP contribution in [0.1, 0.15) is 11.1 Å². The fourth-order valence-corrected chi connectivity index (χ4v) is 2.74. The van der Waals surface area contributed by atoms with Crippen molar-refractivity contribution in [2.45, 2.75) is 13.8 Å². The van der Waals surface area contributed by atoms with Crippen molar-refractivity contribution in [3.05, 3.63) is 52.5 Å². The number of anilines is 2. The third-order valence-electron chi connectivity index (χ3n) is 3.90. The zero-order valence-corrected chi connectivity index (χ0v) is 14.2. The quantitative estimate of drug-likeness (QED) is 0.929. The highest BCUT2D eigenvalue weighted by Gasteiger charge is 2.27. The molecule has 0 spiro atoms. The first-order valence-electron chi connectivity index (χ1n) is 7.54. The largest absolute Gasteiger partial charge is 0.482 e. The molecule has 1 aliphatic heterocycles. The Bertz CT molecular complexity index is 820. The number of carbonyl (C=O) groups is 2. The van der Waals surface area contributed by atoms with Crippen LogP contribution in [0.4, 0.5) is 11.4 Å². The first-order chi connectivity index (χ1) is 11.5. The lowest BCUT2D eigenvalue weighted by atomic mass is 10.1. The number of halogens is 1. The van der Waals surface area contributed by atoms with E-state index in [1.165, 1.54) is 4.90 Å². The minimum Gasteiger partial charge on any atom is -0.482 e. The molecule has 6 heteroatoms. The van der Waals surface area contributed by atoms with Crippen LogP contribution >= 0.6 is 11.6 Å². The van der Waals surface area contributed by atoms with Gasteiger partial charge < -0.3 is 10.1 Å². The summed E-state index contributed by atoms with van der Waals surface area (Å²) in [6.07, 6.45) is 0. The average molecular weight is 345 g/mol. The van der Waals surface area contributed by atoms with Gasteiger partial charge in [-0.2, -0.15) is 0 Å². The van der Waals surface area contributed by atoms with Gasteiger partial charge in [-0.1, -0.05) is 23.7 Å². The van der Waals surface area contributed by atoms with E-state index in [9.17, 15) is 9.59 Å². The van der Waals surface area contributed by atoms with E-state index < -0.39 is 0 Å². The molecule has 1 aliphatic rings. The van der Waals surface area contributed by atoms with Crippen LogP contribution in [0.25, 0.3) is 0 Å². The van der Waals surface area contributed by atoms with Gasteiger partial charge in [-0.05, 0) is 49.2 Å². The Balaban J connectivity index is 1.80. The van der Waals surface area contributed by atoms with Gasteiger partial charge in [-0.15, -0.1) is 0 Å². The van der Waals surface area contributed by atoms with Gasteiger partial charge in [0.2, 0.25) is 5.91 Å². The molecule has 1 heterocycles. The van der Waals surface area contributed by atoms with E-state index >= 15 is 0 Å². The van der Waals surface area contributed by atoms with E-state index in [-0.39, 0.29) is 25.0 Å². The summed E-state index contributed by atoms with van der Waals surface area (Å²) in [6.45, 7) is 3.60. The Kier molecular flexibility index (Phi) is 4.44.